The van der Waals surface area contributed by atoms with Crippen molar-refractivity contribution in [3.8, 4) is 0 Å². The Balaban J connectivity index is 2.71. The van der Waals surface area contributed by atoms with Gasteiger partial charge in [0.1, 0.15) is 0 Å². The minimum Gasteiger partial charge on any atom is -0.481 e. The Kier molecular flexibility index (Phi) is 3.05. The highest BCUT2D eigenvalue weighted by atomic mass is 16.4. The number of carbonyl (C=O) groups is 2. The fourth-order valence-electron chi connectivity index (χ4n) is 1.51. The molecule has 0 radical (unpaired) electrons. The lowest BCUT2D eigenvalue weighted by Crippen LogP contribution is -2.57. The summed E-state index contributed by atoms with van der Waals surface area (Å²) in [5.74, 6) is -0.416. The van der Waals surface area contributed by atoms with Crippen LogP contribution >= 0.6 is 0 Å². The van der Waals surface area contributed by atoms with E-state index in [-0.39, 0.29) is 11.8 Å². The van der Waals surface area contributed by atoms with Gasteiger partial charge in [0.25, 0.3) is 0 Å². The van der Waals surface area contributed by atoms with E-state index in [9.17, 15) is 9.59 Å². The highest BCUT2D eigenvalue weighted by Crippen LogP contribution is 2.39. The second-order valence-electron chi connectivity index (χ2n) is 5.86. The van der Waals surface area contributed by atoms with Gasteiger partial charge in [0.2, 0.25) is 5.91 Å². The molecule has 2 atom stereocenters. The van der Waals surface area contributed by atoms with Crippen LogP contribution in [0.15, 0.2) is 0 Å². The van der Waals surface area contributed by atoms with Gasteiger partial charge in [-0.25, -0.2) is 0 Å². The average Bonchev–Trinajstić information content (AvgIpc) is 2.81. The zero-order chi connectivity index (χ0) is 12.7. The van der Waals surface area contributed by atoms with E-state index in [1.165, 1.54) is 0 Å². The van der Waals surface area contributed by atoms with Crippen LogP contribution in [0.2, 0.25) is 0 Å². The van der Waals surface area contributed by atoms with Gasteiger partial charge in [0.15, 0.2) is 0 Å². The number of amides is 1. The third kappa shape index (κ3) is 2.20. The van der Waals surface area contributed by atoms with Gasteiger partial charge in [-0.15, -0.1) is 0 Å². The lowest BCUT2D eigenvalue weighted by Gasteiger charge is -2.38. The first kappa shape index (κ1) is 13.0. The summed E-state index contributed by atoms with van der Waals surface area (Å²) in [6.45, 7) is 8.80. The van der Waals surface area contributed by atoms with Crippen molar-refractivity contribution in [3.63, 3.8) is 0 Å². The molecule has 0 aromatic rings. The van der Waals surface area contributed by atoms with Gasteiger partial charge in [-0.3, -0.25) is 9.59 Å². The Morgan fingerprint density at radius 2 is 1.69 bits per heavy atom. The molecule has 0 aromatic carbocycles. The number of hydrogen-bond donors (Lipinski definition) is 2. The number of nitrogens with one attached hydrogen (secondary N) is 1. The number of rotatable bonds is 4. The van der Waals surface area contributed by atoms with Crippen LogP contribution in [0, 0.1) is 17.3 Å². The van der Waals surface area contributed by atoms with Crippen molar-refractivity contribution in [1.29, 1.82) is 0 Å². The van der Waals surface area contributed by atoms with Crippen molar-refractivity contribution in [2.24, 2.45) is 17.3 Å². The molecule has 16 heavy (non-hydrogen) atoms. The van der Waals surface area contributed by atoms with E-state index in [2.05, 4.69) is 5.32 Å². The first-order chi connectivity index (χ1) is 7.09. The van der Waals surface area contributed by atoms with Crippen molar-refractivity contribution in [2.75, 3.05) is 0 Å². The highest BCUT2D eigenvalue weighted by molar-refractivity contribution is 5.84. The zero-order valence-electron chi connectivity index (χ0n) is 10.6. The summed E-state index contributed by atoms with van der Waals surface area (Å²) in [6.07, 6.45) is 0.912. The molecule has 1 aliphatic carbocycles. The number of carbonyl (C=O) groups excluding carboxylic acids is 1. The lowest BCUT2D eigenvalue weighted by atomic mass is 9.74. The molecule has 0 aromatic heterocycles. The summed E-state index contributed by atoms with van der Waals surface area (Å²) in [4.78, 5) is 22.9. The van der Waals surface area contributed by atoms with Gasteiger partial charge in [-0.2, -0.15) is 0 Å². The third-order valence-electron chi connectivity index (χ3n) is 3.98. The minimum absolute atomic E-state index is 0.0215. The van der Waals surface area contributed by atoms with E-state index in [0.29, 0.717) is 5.92 Å². The molecular formula is C12H21NO3. The van der Waals surface area contributed by atoms with Crippen molar-refractivity contribution < 1.29 is 14.7 Å². The van der Waals surface area contributed by atoms with Crippen molar-refractivity contribution in [2.45, 2.75) is 46.6 Å². The Labute approximate surface area is 96.4 Å². The fourth-order valence-corrected chi connectivity index (χ4v) is 1.51. The quantitative estimate of drug-likeness (QED) is 0.767. The maximum absolute atomic E-state index is 11.8. The summed E-state index contributed by atoms with van der Waals surface area (Å²) in [7, 11) is 0. The molecule has 0 heterocycles. The SMILES string of the molecule is C[C@@H]1C[C@@H]1C(=O)NC(C)(C)C(C)(C)C(=O)O. The molecule has 1 amide bonds. The molecule has 2 N–H and O–H groups in total. The topological polar surface area (TPSA) is 66.4 Å². The Hall–Kier alpha value is -1.06. The first-order valence-corrected chi connectivity index (χ1v) is 5.65. The van der Waals surface area contributed by atoms with Gasteiger partial charge in [-0.1, -0.05) is 6.92 Å². The molecule has 1 aliphatic rings. The summed E-state index contributed by atoms with van der Waals surface area (Å²) in [5, 5.41) is 12.0. The summed E-state index contributed by atoms with van der Waals surface area (Å²) in [5.41, 5.74) is -1.74. The molecule has 0 spiro atoms. The molecule has 92 valence electrons. The van der Waals surface area contributed by atoms with Gasteiger partial charge >= 0.3 is 5.97 Å². The Morgan fingerprint density at radius 1 is 1.25 bits per heavy atom. The van der Waals surface area contributed by atoms with Crippen LogP contribution in [-0.4, -0.2) is 22.5 Å². The second kappa shape index (κ2) is 3.75. The highest BCUT2D eigenvalue weighted by Gasteiger charge is 2.47. The maximum Gasteiger partial charge on any atom is 0.311 e. The fraction of sp³-hybridized carbons (Fsp3) is 0.833. The lowest BCUT2D eigenvalue weighted by molar-refractivity contribution is -0.151. The van der Waals surface area contributed by atoms with E-state index in [0.717, 1.165) is 6.42 Å². The number of aliphatic carboxylic acids is 1. The smallest absolute Gasteiger partial charge is 0.311 e. The number of carboxylic acids is 1. The molecule has 4 nitrogen and oxygen atoms in total. The van der Waals surface area contributed by atoms with Crippen molar-refractivity contribution >= 4 is 11.9 Å². The molecule has 4 heteroatoms. The second-order valence-corrected chi connectivity index (χ2v) is 5.86. The van der Waals surface area contributed by atoms with Gasteiger partial charge < -0.3 is 10.4 Å². The maximum atomic E-state index is 11.8. The molecule has 1 saturated carbocycles. The summed E-state index contributed by atoms with van der Waals surface area (Å²) in [6, 6.07) is 0. The van der Waals surface area contributed by atoms with Crippen LogP contribution in [0.4, 0.5) is 0 Å². The molecular weight excluding hydrogens is 206 g/mol. The van der Waals surface area contributed by atoms with Crippen LogP contribution in [0.1, 0.15) is 41.0 Å². The standard InChI is InChI=1S/C12H21NO3/c1-7-6-8(7)9(14)13-12(4,5)11(2,3)10(15)16/h7-8H,6H2,1-5H3,(H,13,14)(H,15,16)/t7-,8+/m1/s1. The number of hydrogen-bond acceptors (Lipinski definition) is 2. The van der Waals surface area contributed by atoms with E-state index in [1.807, 2.05) is 6.92 Å². The van der Waals surface area contributed by atoms with E-state index >= 15 is 0 Å². The minimum atomic E-state index is -0.985. The van der Waals surface area contributed by atoms with Crippen LogP contribution in [0.3, 0.4) is 0 Å². The van der Waals surface area contributed by atoms with Crippen molar-refractivity contribution in [1.82, 2.24) is 5.32 Å². The van der Waals surface area contributed by atoms with Crippen LogP contribution in [0.25, 0.3) is 0 Å². The summed E-state index contributed by atoms with van der Waals surface area (Å²) >= 11 is 0. The van der Waals surface area contributed by atoms with Crippen LogP contribution < -0.4 is 5.32 Å². The molecule has 0 unspecified atom stereocenters. The third-order valence-corrected chi connectivity index (χ3v) is 3.98. The monoisotopic (exact) mass is 227 g/mol. The average molecular weight is 227 g/mol. The first-order valence-electron chi connectivity index (χ1n) is 5.65. The summed E-state index contributed by atoms with van der Waals surface area (Å²) < 4.78 is 0. The van der Waals surface area contributed by atoms with Crippen LogP contribution in [0.5, 0.6) is 0 Å². The van der Waals surface area contributed by atoms with Gasteiger partial charge in [0, 0.05) is 11.5 Å². The molecule has 0 saturated heterocycles. The van der Waals surface area contributed by atoms with Crippen molar-refractivity contribution in [3.05, 3.63) is 0 Å². The van der Waals surface area contributed by atoms with Gasteiger partial charge in [0.05, 0.1) is 5.41 Å². The molecule has 0 bridgehead atoms. The Morgan fingerprint density at radius 3 is 2.00 bits per heavy atom. The normalized spacial score (nSPS) is 25.1. The predicted octanol–water partition coefficient (Wildman–Crippen LogP) is 1.65. The largest absolute Gasteiger partial charge is 0.481 e. The van der Waals surface area contributed by atoms with E-state index < -0.39 is 16.9 Å². The molecule has 1 fully saturated rings. The Bertz CT molecular complexity index is 320. The molecule has 1 rings (SSSR count). The van der Waals surface area contributed by atoms with E-state index in [4.69, 9.17) is 5.11 Å². The number of carboxylic acid groups (broad SMARTS) is 1. The molecule has 0 aliphatic heterocycles. The van der Waals surface area contributed by atoms with Crippen LogP contribution in [-0.2, 0) is 9.59 Å². The van der Waals surface area contributed by atoms with Gasteiger partial charge in [-0.05, 0) is 40.0 Å². The predicted molar refractivity (Wildman–Crippen MR) is 60.9 cm³/mol. The zero-order valence-corrected chi connectivity index (χ0v) is 10.6. The van der Waals surface area contributed by atoms with E-state index in [1.54, 1.807) is 27.7 Å².